The summed E-state index contributed by atoms with van der Waals surface area (Å²) in [7, 11) is 1.33. The van der Waals surface area contributed by atoms with E-state index in [1.165, 1.54) is 7.11 Å². The van der Waals surface area contributed by atoms with E-state index in [0.717, 1.165) is 12.2 Å². The molecule has 3 amide bonds. The van der Waals surface area contributed by atoms with E-state index in [4.69, 9.17) is 9.47 Å². The number of hydrogen-bond acceptors (Lipinski definition) is 6. The molecule has 0 saturated carbocycles. The third-order valence-corrected chi connectivity index (χ3v) is 5.93. The van der Waals surface area contributed by atoms with Gasteiger partial charge in [0, 0.05) is 19.1 Å². The third-order valence-electron chi connectivity index (χ3n) is 5.29. The molecule has 8 nitrogen and oxygen atoms in total. The summed E-state index contributed by atoms with van der Waals surface area (Å²) in [6, 6.07) is -0.673. The van der Waals surface area contributed by atoms with E-state index in [9.17, 15) is 14.4 Å². The summed E-state index contributed by atoms with van der Waals surface area (Å²) >= 11 is 1.62. The maximum atomic E-state index is 12.6. The van der Waals surface area contributed by atoms with Gasteiger partial charge in [-0.05, 0) is 43.6 Å². The van der Waals surface area contributed by atoms with Crippen LogP contribution in [0.2, 0.25) is 0 Å². The van der Waals surface area contributed by atoms with Crippen LogP contribution in [0.3, 0.4) is 0 Å². The summed E-state index contributed by atoms with van der Waals surface area (Å²) in [5.74, 6) is 0.828. The first-order valence-electron chi connectivity index (χ1n) is 9.94. The van der Waals surface area contributed by atoms with E-state index in [0.29, 0.717) is 44.9 Å². The van der Waals surface area contributed by atoms with Crippen LogP contribution in [0.5, 0.6) is 0 Å². The molecule has 2 heterocycles. The molecule has 28 heavy (non-hydrogen) atoms. The maximum Gasteiger partial charge on any atom is 0.410 e. The van der Waals surface area contributed by atoms with Crippen LogP contribution >= 0.6 is 11.8 Å². The van der Waals surface area contributed by atoms with Crippen molar-refractivity contribution in [1.82, 2.24) is 15.1 Å². The standard InChI is InChI=1S/C19H33N3O5S/c1-13(2)11-15-12-27-19(25)22(15)14-5-8-21(9-6-14)18(24)20-16(7-10-28-4)17(23)26-3/h13-16H,5-12H2,1-4H3,(H,20,24)/t15-,16-/m0/s1. The number of cyclic esters (lactones) is 1. The third kappa shape index (κ3) is 5.93. The number of methoxy groups -OCH3 is 1. The molecule has 0 aromatic carbocycles. The Morgan fingerprint density at radius 3 is 2.57 bits per heavy atom. The number of carbonyl (C=O) groups excluding carboxylic acids is 3. The zero-order valence-electron chi connectivity index (χ0n) is 17.3. The van der Waals surface area contributed by atoms with Gasteiger partial charge < -0.3 is 19.7 Å². The largest absolute Gasteiger partial charge is 0.467 e. The number of nitrogens with zero attached hydrogens (tertiary/aromatic N) is 2. The molecule has 160 valence electrons. The SMILES string of the molecule is COC(=O)[C@H](CCSC)NC(=O)N1CCC(N2C(=O)OC[C@@H]2CC(C)C)CC1. The van der Waals surface area contributed by atoms with Gasteiger partial charge in [0.1, 0.15) is 12.6 Å². The number of piperidine rings is 1. The zero-order valence-corrected chi connectivity index (χ0v) is 18.1. The van der Waals surface area contributed by atoms with Gasteiger partial charge in [0.25, 0.3) is 0 Å². The van der Waals surface area contributed by atoms with Crippen molar-refractivity contribution in [3.8, 4) is 0 Å². The monoisotopic (exact) mass is 415 g/mol. The molecule has 0 aliphatic carbocycles. The predicted octanol–water partition coefficient (Wildman–Crippen LogP) is 2.32. The van der Waals surface area contributed by atoms with Crippen molar-refractivity contribution in [3.63, 3.8) is 0 Å². The molecule has 2 fully saturated rings. The predicted molar refractivity (Wildman–Crippen MR) is 108 cm³/mol. The van der Waals surface area contributed by atoms with Crippen LogP contribution in [-0.2, 0) is 14.3 Å². The molecule has 0 radical (unpaired) electrons. The number of amides is 3. The maximum absolute atomic E-state index is 12.6. The lowest BCUT2D eigenvalue weighted by atomic mass is 9.98. The first-order chi connectivity index (χ1) is 13.4. The van der Waals surface area contributed by atoms with Gasteiger partial charge in [0.05, 0.1) is 13.2 Å². The van der Waals surface area contributed by atoms with Gasteiger partial charge in [0.15, 0.2) is 0 Å². The minimum Gasteiger partial charge on any atom is -0.467 e. The van der Waals surface area contributed by atoms with E-state index in [-0.39, 0.29) is 24.2 Å². The topological polar surface area (TPSA) is 88.2 Å². The average molecular weight is 416 g/mol. The van der Waals surface area contributed by atoms with Crippen LogP contribution in [0, 0.1) is 5.92 Å². The minimum absolute atomic E-state index is 0.0932. The van der Waals surface area contributed by atoms with E-state index in [1.54, 1.807) is 16.7 Å². The smallest absolute Gasteiger partial charge is 0.410 e. The van der Waals surface area contributed by atoms with Crippen LogP contribution in [-0.4, -0.2) is 84.8 Å². The number of nitrogens with one attached hydrogen (secondary N) is 1. The second kappa shape index (κ2) is 10.8. The van der Waals surface area contributed by atoms with E-state index >= 15 is 0 Å². The Kier molecular flexibility index (Phi) is 8.72. The first kappa shape index (κ1) is 22.6. The summed E-state index contributed by atoms with van der Waals surface area (Å²) in [5.41, 5.74) is 0. The molecule has 0 aromatic rings. The van der Waals surface area contributed by atoms with E-state index < -0.39 is 12.0 Å². The van der Waals surface area contributed by atoms with Gasteiger partial charge in [-0.1, -0.05) is 13.8 Å². The summed E-state index contributed by atoms with van der Waals surface area (Å²) < 4.78 is 10.1. The molecule has 2 aliphatic rings. The highest BCUT2D eigenvalue weighted by molar-refractivity contribution is 7.98. The molecule has 0 aromatic heterocycles. The minimum atomic E-state index is -0.633. The second-order valence-corrected chi connectivity index (χ2v) is 8.78. The molecule has 2 rings (SSSR count). The molecule has 2 aliphatic heterocycles. The van der Waals surface area contributed by atoms with Crippen LogP contribution in [0.4, 0.5) is 9.59 Å². The fraction of sp³-hybridized carbons (Fsp3) is 0.842. The van der Waals surface area contributed by atoms with Crippen molar-refractivity contribution in [2.75, 3.05) is 38.8 Å². The molecular weight excluding hydrogens is 382 g/mol. The Bertz CT molecular complexity index is 552. The Hall–Kier alpha value is -1.64. The number of carbonyl (C=O) groups is 3. The summed E-state index contributed by atoms with van der Waals surface area (Å²) in [6.07, 6.45) is 4.60. The molecular formula is C19H33N3O5S. The summed E-state index contributed by atoms with van der Waals surface area (Å²) in [4.78, 5) is 40.3. The van der Waals surface area contributed by atoms with Crippen LogP contribution < -0.4 is 5.32 Å². The average Bonchev–Trinajstić information content (AvgIpc) is 3.03. The van der Waals surface area contributed by atoms with Crippen molar-refractivity contribution in [3.05, 3.63) is 0 Å². The Morgan fingerprint density at radius 1 is 1.32 bits per heavy atom. The van der Waals surface area contributed by atoms with E-state index in [2.05, 4.69) is 19.2 Å². The normalized spacial score (nSPS) is 21.6. The van der Waals surface area contributed by atoms with Crippen molar-refractivity contribution < 1.29 is 23.9 Å². The lowest BCUT2D eigenvalue weighted by Gasteiger charge is -2.38. The van der Waals surface area contributed by atoms with Gasteiger partial charge in [0.2, 0.25) is 0 Å². The molecule has 9 heteroatoms. The molecule has 2 atom stereocenters. The molecule has 0 bridgehead atoms. The van der Waals surface area contributed by atoms with Crippen molar-refractivity contribution in [2.45, 2.75) is 57.7 Å². The Labute approximate surface area is 171 Å². The number of rotatable bonds is 8. The van der Waals surface area contributed by atoms with Gasteiger partial charge in [-0.25, -0.2) is 14.4 Å². The van der Waals surface area contributed by atoms with Crippen molar-refractivity contribution in [1.29, 1.82) is 0 Å². The summed E-state index contributed by atoms with van der Waals surface area (Å²) in [6.45, 7) is 5.83. The number of likely N-dealkylation sites (tertiary alicyclic amines) is 1. The molecule has 0 spiro atoms. The number of hydrogen-bond donors (Lipinski definition) is 1. The van der Waals surface area contributed by atoms with Gasteiger partial charge in [-0.2, -0.15) is 11.8 Å². The fourth-order valence-electron chi connectivity index (χ4n) is 3.86. The van der Waals surface area contributed by atoms with E-state index in [1.807, 2.05) is 11.2 Å². The Morgan fingerprint density at radius 2 is 2.00 bits per heavy atom. The van der Waals surface area contributed by atoms with Gasteiger partial charge in [-0.15, -0.1) is 0 Å². The zero-order chi connectivity index (χ0) is 20.7. The van der Waals surface area contributed by atoms with Crippen LogP contribution in [0.15, 0.2) is 0 Å². The van der Waals surface area contributed by atoms with Gasteiger partial charge in [-0.3, -0.25) is 4.90 Å². The second-order valence-electron chi connectivity index (χ2n) is 7.79. The fourth-order valence-corrected chi connectivity index (χ4v) is 4.33. The summed E-state index contributed by atoms with van der Waals surface area (Å²) in [5, 5.41) is 2.79. The van der Waals surface area contributed by atoms with Crippen molar-refractivity contribution in [2.24, 2.45) is 5.92 Å². The molecule has 1 N–H and O–H groups in total. The quantitative estimate of drug-likeness (QED) is 0.612. The lowest BCUT2D eigenvalue weighted by Crippen LogP contribution is -2.54. The first-order valence-corrected chi connectivity index (χ1v) is 11.3. The number of esters is 1. The lowest BCUT2D eigenvalue weighted by molar-refractivity contribution is -0.142. The highest BCUT2D eigenvalue weighted by atomic mass is 32.2. The van der Waals surface area contributed by atoms with Crippen LogP contribution in [0.25, 0.3) is 0 Å². The van der Waals surface area contributed by atoms with Crippen molar-refractivity contribution >= 4 is 29.9 Å². The highest BCUT2D eigenvalue weighted by Crippen LogP contribution is 2.27. The van der Waals surface area contributed by atoms with Crippen LogP contribution in [0.1, 0.15) is 39.5 Å². The Balaban J connectivity index is 1.88. The highest BCUT2D eigenvalue weighted by Gasteiger charge is 2.40. The molecule has 2 saturated heterocycles. The number of ether oxygens (including phenoxy) is 2. The number of urea groups is 1. The number of thioether (sulfide) groups is 1. The molecule has 0 unspecified atom stereocenters. The van der Waals surface area contributed by atoms with Gasteiger partial charge >= 0.3 is 18.1 Å².